The fourth-order valence-corrected chi connectivity index (χ4v) is 3.56. The molecule has 2 aliphatic rings. The van der Waals surface area contributed by atoms with Crippen molar-refractivity contribution in [2.24, 2.45) is 5.92 Å². The molecule has 0 radical (unpaired) electrons. The van der Waals surface area contributed by atoms with E-state index in [0.29, 0.717) is 6.42 Å². The minimum absolute atomic E-state index is 0.211. The summed E-state index contributed by atoms with van der Waals surface area (Å²) in [6, 6.07) is 0.224. The van der Waals surface area contributed by atoms with Crippen LogP contribution in [-0.4, -0.2) is 27.1 Å². The Morgan fingerprint density at radius 2 is 2.00 bits per heavy atom. The number of rotatable bonds is 3. The van der Waals surface area contributed by atoms with E-state index in [9.17, 15) is 9.90 Å². The van der Waals surface area contributed by atoms with E-state index >= 15 is 0 Å². The number of carboxylic acid groups (broad SMARTS) is 1. The third kappa shape index (κ3) is 3.34. The van der Waals surface area contributed by atoms with Crippen molar-refractivity contribution in [2.75, 3.05) is 5.32 Å². The average molecular weight is 289 g/mol. The van der Waals surface area contributed by atoms with E-state index in [1.807, 2.05) is 0 Å². The number of fused-ring (bicyclic) bond motifs is 1. The van der Waals surface area contributed by atoms with Crippen molar-refractivity contribution < 1.29 is 9.90 Å². The van der Waals surface area contributed by atoms with E-state index in [2.05, 4.69) is 15.3 Å². The van der Waals surface area contributed by atoms with Crippen LogP contribution < -0.4 is 5.32 Å². The number of hydrogen-bond donors (Lipinski definition) is 2. The lowest BCUT2D eigenvalue weighted by molar-refractivity contribution is -0.142. The van der Waals surface area contributed by atoms with Crippen LogP contribution >= 0.6 is 0 Å². The molecule has 5 nitrogen and oxygen atoms in total. The Morgan fingerprint density at radius 1 is 1.14 bits per heavy atom. The first kappa shape index (κ1) is 14.3. The van der Waals surface area contributed by atoms with E-state index in [1.54, 1.807) is 6.33 Å². The van der Waals surface area contributed by atoms with Crippen LogP contribution in [-0.2, 0) is 17.6 Å². The number of hydrogen-bond acceptors (Lipinski definition) is 4. The van der Waals surface area contributed by atoms with E-state index in [4.69, 9.17) is 0 Å². The number of nitrogens with one attached hydrogen (secondary N) is 1. The maximum atomic E-state index is 11.2. The minimum atomic E-state index is -0.664. The zero-order valence-electron chi connectivity index (χ0n) is 12.3. The molecule has 1 heterocycles. The molecule has 21 heavy (non-hydrogen) atoms. The van der Waals surface area contributed by atoms with Crippen LogP contribution in [0.15, 0.2) is 6.33 Å². The molecule has 2 N–H and O–H groups in total. The van der Waals surface area contributed by atoms with Gasteiger partial charge in [-0.1, -0.05) is 12.8 Å². The summed E-state index contributed by atoms with van der Waals surface area (Å²) < 4.78 is 0. The van der Waals surface area contributed by atoms with Gasteiger partial charge in [-0.3, -0.25) is 4.79 Å². The Morgan fingerprint density at radius 3 is 2.86 bits per heavy atom. The molecule has 0 saturated heterocycles. The van der Waals surface area contributed by atoms with Crippen LogP contribution in [0.5, 0.6) is 0 Å². The molecule has 0 aromatic carbocycles. The van der Waals surface area contributed by atoms with Gasteiger partial charge in [-0.2, -0.15) is 0 Å². The standard InChI is InChI=1S/C16H23N3O2/c20-16(21)11-5-4-6-12(9-11)19-15-13-7-2-1-3-8-14(13)17-10-18-15/h10-12H,1-9H2,(H,20,21)(H,17,18,19). The van der Waals surface area contributed by atoms with Gasteiger partial charge in [0.05, 0.1) is 5.92 Å². The van der Waals surface area contributed by atoms with Gasteiger partial charge in [0.1, 0.15) is 12.1 Å². The van der Waals surface area contributed by atoms with Crippen molar-refractivity contribution in [1.82, 2.24) is 9.97 Å². The van der Waals surface area contributed by atoms with E-state index < -0.39 is 5.97 Å². The monoisotopic (exact) mass is 289 g/mol. The first-order chi connectivity index (χ1) is 10.2. The molecule has 0 aliphatic heterocycles. The number of nitrogens with zero attached hydrogens (tertiary/aromatic N) is 2. The highest BCUT2D eigenvalue weighted by molar-refractivity contribution is 5.70. The summed E-state index contributed by atoms with van der Waals surface area (Å²) >= 11 is 0. The van der Waals surface area contributed by atoms with Gasteiger partial charge in [-0.15, -0.1) is 0 Å². The largest absolute Gasteiger partial charge is 0.481 e. The molecule has 2 aliphatic carbocycles. The molecule has 2 atom stereocenters. The molecular formula is C16H23N3O2. The van der Waals surface area contributed by atoms with E-state index in [-0.39, 0.29) is 12.0 Å². The number of aryl methyl sites for hydroxylation is 1. The molecule has 0 bridgehead atoms. The van der Waals surface area contributed by atoms with Gasteiger partial charge < -0.3 is 10.4 Å². The Balaban J connectivity index is 1.74. The predicted octanol–water partition coefficient (Wildman–Crippen LogP) is 2.80. The van der Waals surface area contributed by atoms with Crippen molar-refractivity contribution in [3.8, 4) is 0 Å². The van der Waals surface area contributed by atoms with E-state index in [0.717, 1.165) is 37.9 Å². The molecule has 2 unspecified atom stereocenters. The van der Waals surface area contributed by atoms with Crippen molar-refractivity contribution in [1.29, 1.82) is 0 Å². The maximum absolute atomic E-state index is 11.2. The van der Waals surface area contributed by atoms with Crippen LogP contribution in [0.2, 0.25) is 0 Å². The highest BCUT2D eigenvalue weighted by atomic mass is 16.4. The summed E-state index contributed by atoms with van der Waals surface area (Å²) in [5.74, 6) is 0.0673. The van der Waals surface area contributed by atoms with Crippen molar-refractivity contribution >= 4 is 11.8 Å². The predicted molar refractivity (Wildman–Crippen MR) is 80.3 cm³/mol. The zero-order valence-corrected chi connectivity index (χ0v) is 12.3. The lowest BCUT2D eigenvalue weighted by Gasteiger charge is -2.28. The van der Waals surface area contributed by atoms with Crippen molar-refractivity contribution in [2.45, 2.75) is 63.8 Å². The van der Waals surface area contributed by atoms with Crippen molar-refractivity contribution in [3.63, 3.8) is 0 Å². The molecule has 1 aromatic rings. The fourth-order valence-electron chi connectivity index (χ4n) is 3.56. The lowest BCUT2D eigenvalue weighted by atomic mass is 9.85. The molecular weight excluding hydrogens is 266 g/mol. The quantitative estimate of drug-likeness (QED) is 0.837. The van der Waals surface area contributed by atoms with Gasteiger partial charge in [0.25, 0.3) is 0 Å². The number of aromatic nitrogens is 2. The molecule has 114 valence electrons. The summed E-state index contributed by atoms with van der Waals surface area (Å²) in [5, 5.41) is 12.7. The maximum Gasteiger partial charge on any atom is 0.306 e. The second-order valence-electron chi connectivity index (χ2n) is 6.25. The van der Waals surface area contributed by atoms with Gasteiger partial charge in [-0.05, 0) is 44.9 Å². The molecule has 1 aromatic heterocycles. The van der Waals surface area contributed by atoms with Crippen LogP contribution in [0.1, 0.15) is 56.2 Å². The minimum Gasteiger partial charge on any atom is -0.481 e. The highest BCUT2D eigenvalue weighted by Gasteiger charge is 2.27. The first-order valence-corrected chi connectivity index (χ1v) is 8.06. The van der Waals surface area contributed by atoms with Gasteiger partial charge >= 0.3 is 5.97 Å². The molecule has 1 fully saturated rings. The summed E-state index contributed by atoms with van der Waals surface area (Å²) in [7, 11) is 0. The highest BCUT2D eigenvalue weighted by Crippen LogP contribution is 2.29. The van der Waals surface area contributed by atoms with Crippen LogP contribution in [0.25, 0.3) is 0 Å². The third-order valence-electron chi connectivity index (χ3n) is 4.74. The normalized spacial score (nSPS) is 25.7. The zero-order chi connectivity index (χ0) is 14.7. The Bertz CT molecular complexity index is 518. The molecule has 1 saturated carbocycles. The third-order valence-corrected chi connectivity index (χ3v) is 4.74. The Hall–Kier alpha value is -1.65. The SMILES string of the molecule is O=C(O)C1CCCC(Nc2ncnc3c2CCCCC3)C1. The van der Waals surface area contributed by atoms with Crippen LogP contribution in [0.3, 0.4) is 0 Å². The second-order valence-corrected chi connectivity index (χ2v) is 6.25. The summed E-state index contributed by atoms with van der Waals surface area (Å²) in [4.78, 5) is 20.0. The average Bonchev–Trinajstić information content (AvgIpc) is 2.73. The smallest absolute Gasteiger partial charge is 0.306 e. The fraction of sp³-hybridized carbons (Fsp3) is 0.688. The summed E-state index contributed by atoms with van der Waals surface area (Å²) in [6.07, 6.45) is 10.9. The molecule has 3 rings (SSSR count). The van der Waals surface area contributed by atoms with Gasteiger partial charge in [-0.25, -0.2) is 9.97 Å². The van der Waals surface area contributed by atoms with Gasteiger partial charge in [0, 0.05) is 17.3 Å². The number of carboxylic acids is 1. The molecule has 0 amide bonds. The second kappa shape index (κ2) is 6.41. The first-order valence-electron chi connectivity index (χ1n) is 8.06. The molecule has 5 heteroatoms. The number of aliphatic carboxylic acids is 1. The summed E-state index contributed by atoms with van der Waals surface area (Å²) in [6.45, 7) is 0. The topological polar surface area (TPSA) is 75.1 Å². The lowest BCUT2D eigenvalue weighted by Crippen LogP contribution is -2.31. The molecule has 0 spiro atoms. The Kier molecular flexibility index (Phi) is 4.36. The van der Waals surface area contributed by atoms with Crippen molar-refractivity contribution in [3.05, 3.63) is 17.6 Å². The van der Waals surface area contributed by atoms with E-state index in [1.165, 1.54) is 30.5 Å². The number of carbonyl (C=O) groups is 1. The van der Waals surface area contributed by atoms with Crippen LogP contribution in [0.4, 0.5) is 5.82 Å². The number of anilines is 1. The Labute approximate surface area is 125 Å². The summed E-state index contributed by atoms with van der Waals surface area (Å²) in [5.41, 5.74) is 2.43. The van der Waals surface area contributed by atoms with Gasteiger partial charge in [0.15, 0.2) is 0 Å². The van der Waals surface area contributed by atoms with Gasteiger partial charge in [0.2, 0.25) is 0 Å². The van der Waals surface area contributed by atoms with Crippen LogP contribution in [0, 0.1) is 5.92 Å².